The molecule has 9 rings (SSSR count). The number of nitrogens with zero attached hydrogens (tertiary/aromatic N) is 2. The van der Waals surface area contributed by atoms with Gasteiger partial charge in [-0.2, -0.15) is 0 Å². The summed E-state index contributed by atoms with van der Waals surface area (Å²) in [5.41, 5.74) is 9.28. The minimum atomic E-state index is 0.891. The van der Waals surface area contributed by atoms with Gasteiger partial charge in [0.05, 0.1) is 5.69 Å². The van der Waals surface area contributed by atoms with Crippen LogP contribution in [0, 0.1) is 0 Å². The smallest absolute Gasteiger partial charge is 0.138 e. The fourth-order valence-corrected chi connectivity index (χ4v) is 7.82. The molecule has 0 fully saturated rings. The SMILES string of the molecule is c1ccc(-c2ccc(-c3ccc(N(c4cc5sc6cc7ccccc7cc6c5cn4)c4ccccc4-c4ccccc4)cc3)cc2)cc1. The van der Waals surface area contributed by atoms with Crippen LogP contribution < -0.4 is 4.90 Å². The van der Waals surface area contributed by atoms with Crippen LogP contribution in [0.2, 0.25) is 0 Å². The van der Waals surface area contributed by atoms with Crippen molar-refractivity contribution in [3.05, 3.63) is 182 Å². The average Bonchev–Trinajstić information content (AvgIpc) is 3.52. The third kappa shape index (κ3) is 5.11. The van der Waals surface area contributed by atoms with E-state index >= 15 is 0 Å². The minimum Gasteiger partial charge on any atom is -0.294 e. The van der Waals surface area contributed by atoms with Crippen LogP contribution in [-0.4, -0.2) is 4.98 Å². The Kier molecular flexibility index (Phi) is 7.03. The third-order valence-corrected chi connectivity index (χ3v) is 10.2. The first kappa shape index (κ1) is 28.2. The highest BCUT2D eigenvalue weighted by Gasteiger charge is 2.20. The number of aromatic nitrogens is 1. The van der Waals surface area contributed by atoms with Crippen LogP contribution in [0.5, 0.6) is 0 Å². The van der Waals surface area contributed by atoms with E-state index in [-0.39, 0.29) is 0 Å². The normalized spacial score (nSPS) is 11.3. The molecule has 0 spiro atoms. The minimum absolute atomic E-state index is 0.891. The standard InChI is InChI=1S/C45H30N2S/c1-3-11-31(12-4-1)32-19-21-33(22-20-32)34-23-25-38(26-24-34)47(42-18-10-9-17-39(42)35-13-5-2-6-14-35)45-29-44-41(30-46-45)40-27-36-15-7-8-16-37(36)28-43(40)48-44/h1-30H. The van der Waals surface area contributed by atoms with Crippen LogP contribution in [-0.2, 0) is 0 Å². The molecule has 0 bridgehead atoms. The molecule has 3 heteroatoms. The Balaban J connectivity index is 1.16. The Morgan fingerprint density at radius 3 is 1.62 bits per heavy atom. The van der Waals surface area contributed by atoms with E-state index in [0.717, 1.165) is 22.8 Å². The molecule has 0 N–H and O–H groups in total. The summed E-state index contributed by atoms with van der Waals surface area (Å²) < 4.78 is 2.50. The van der Waals surface area contributed by atoms with Gasteiger partial charge in [0.2, 0.25) is 0 Å². The van der Waals surface area contributed by atoms with Gasteiger partial charge in [-0.25, -0.2) is 4.98 Å². The molecule has 0 saturated heterocycles. The number of benzene rings is 7. The van der Waals surface area contributed by atoms with Crippen molar-refractivity contribution in [3.63, 3.8) is 0 Å². The van der Waals surface area contributed by atoms with E-state index in [1.165, 1.54) is 58.8 Å². The van der Waals surface area contributed by atoms with Crippen LogP contribution in [0.4, 0.5) is 17.2 Å². The number of thiophene rings is 1. The van der Waals surface area contributed by atoms with Gasteiger partial charge in [0.15, 0.2) is 0 Å². The van der Waals surface area contributed by atoms with Crippen LogP contribution in [0.3, 0.4) is 0 Å². The Labute approximate surface area is 283 Å². The second-order valence-electron chi connectivity index (χ2n) is 12.0. The lowest BCUT2D eigenvalue weighted by atomic mass is 9.99. The fraction of sp³-hybridized carbons (Fsp3) is 0. The first-order chi connectivity index (χ1) is 23.8. The van der Waals surface area contributed by atoms with E-state index < -0.39 is 0 Å². The molecule has 48 heavy (non-hydrogen) atoms. The van der Waals surface area contributed by atoms with Crippen LogP contribution in [0.25, 0.3) is 64.3 Å². The maximum Gasteiger partial charge on any atom is 0.138 e. The fourth-order valence-electron chi connectivity index (χ4n) is 6.68. The molecule has 0 radical (unpaired) electrons. The largest absolute Gasteiger partial charge is 0.294 e. The van der Waals surface area contributed by atoms with Gasteiger partial charge in [-0.05, 0) is 75.0 Å². The molecule has 0 unspecified atom stereocenters. The molecule has 2 nitrogen and oxygen atoms in total. The second kappa shape index (κ2) is 12.0. The molecule has 0 atom stereocenters. The second-order valence-corrected chi connectivity index (χ2v) is 13.1. The van der Waals surface area contributed by atoms with Gasteiger partial charge in [0.25, 0.3) is 0 Å². The van der Waals surface area contributed by atoms with Crippen molar-refractivity contribution in [1.29, 1.82) is 0 Å². The van der Waals surface area contributed by atoms with Gasteiger partial charge >= 0.3 is 0 Å². The molecule has 0 aliphatic carbocycles. The number of para-hydroxylation sites is 1. The zero-order chi connectivity index (χ0) is 31.9. The molecule has 0 aliphatic heterocycles. The number of hydrogen-bond acceptors (Lipinski definition) is 3. The van der Waals surface area contributed by atoms with Crippen LogP contribution in [0.1, 0.15) is 0 Å². The molecule has 7 aromatic carbocycles. The number of hydrogen-bond donors (Lipinski definition) is 0. The molecule has 2 aromatic heterocycles. The van der Waals surface area contributed by atoms with Crippen molar-refractivity contribution in [2.24, 2.45) is 0 Å². The first-order valence-corrected chi connectivity index (χ1v) is 17.0. The zero-order valence-corrected chi connectivity index (χ0v) is 26.9. The van der Waals surface area contributed by atoms with Crippen LogP contribution >= 0.6 is 11.3 Å². The maximum absolute atomic E-state index is 5.15. The monoisotopic (exact) mass is 630 g/mol. The molecule has 0 saturated carbocycles. The van der Waals surface area contributed by atoms with Gasteiger partial charge in [-0.15, -0.1) is 11.3 Å². The van der Waals surface area contributed by atoms with Crippen molar-refractivity contribution >= 4 is 59.5 Å². The predicted octanol–water partition coefficient (Wildman–Crippen LogP) is 13.1. The molecular weight excluding hydrogens is 601 g/mol. The molecule has 0 amide bonds. The first-order valence-electron chi connectivity index (χ1n) is 16.2. The molecular formula is C45H30N2S. The summed E-state index contributed by atoms with van der Waals surface area (Å²) in [6.45, 7) is 0. The lowest BCUT2D eigenvalue weighted by Crippen LogP contribution is -2.12. The van der Waals surface area contributed by atoms with Gasteiger partial charge < -0.3 is 0 Å². The Morgan fingerprint density at radius 1 is 0.417 bits per heavy atom. The van der Waals surface area contributed by atoms with E-state index in [1.54, 1.807) is 0 Å². The van der Waals surface area contributed by atoms with E-state index in [2.05, 4.69) is 187 Å². The van der Waals surface area contributed by atoms with Gasteiger partial charge in [-0.3, -0.25) is 4.90 Å². The van der Waals surface area contributed by atoms with Crippen molar-refractivity contribution in [2.45, 2.75) is 0 Å². The highest BCUT2D eigenvalue weighted by atomic mass is 32.1. The van der Waals surface area contributed by atoms with E-state index in [9.17, 15) is 0 Å². The summed E-state index contributed by atoms with van der Waals surface area (Å²) in [5.74, 6) is 0.891. The lowest BCUT2D eigenvalue weighted by Gasteiger charge is -2.27. The van der Waals surface area contributed by atoms with Crippen molar-refractivity contribution in [3.8, 4) is 33.4 Å². The van der Waals surface area contributed by atoms with Crippen molar-refractivity contribution < 1.29 is 0 Å². The number of anilines is 3. The Morgan fingerprint density at radius 2 is 0.938 bits per heavy atom. The quantitative estimate of drug-likeness (QED) is 0.182. The molecule has 9 aromatic rings. The third-order valence-electron chi connectivity index (χ3n) is 9.12. The number of fused-ring (bicyclic) bond motifs is 4. The molecule has 0 aliphatic rings. The topological polar surface area (TPSA) is 16.1 Å². The Bertz CT molecular complexity index is 2540. The number of rotatable bonds is 6. The summed E-state index contributed by atoms with van der Waals surface area (Å²) in [7, 11) is 0. The Hall–Kier alpha value is -6.03. The summed E-state index contributed by atoms with van der Waals surface area (Å²) in [4.78, 5) is 7.45. The van der Waals surface area contributed by atoms with E-state index in [1.807, 2.05) is 11.3 Å². The van der Waals surface area contributed by atoms with E-state index in [0.29, 0.717) is 0 Å². The average molecular weight is 631 g/mol. The van der Waals surface area contributed by atoms with Gasteiger partial charge in [0.1, 0.15) is 5.82 Å². The van der Waals surface area contributed by atoms with Crippen LogP contribution in [0.15, 0.2) is 182 Å². The van der Waals surface area contributed by atoms with Gasteiger partial charge in [0, 0.05) is 37.6 Å². The summed E-state index contributed by atoms with van der Waals surface area (Å²) >= 11 is 1.83. The number of pyridine rings is 1. The summed E-state index contributed by atoms with van der Waals surface area (Å²) in [6.07, 6.45) is 2.05. The zero-order valence-electron chi connectivity index (χ0n) is 26.1. The highest BCUT2D eigenvalue weighted by Crippen LogP contribution is 2.43. The predicted molar refractivity (Wildman–Crippen MR) is 206 cm³/mol. The van der Waals surface area contributed by atoms with Gasteiger partial charge in [-0.1, -0.05) is 140 Å². The lowest BCUT2D eigenvalue weighted by molar-refractivity contribution is 1.20. The summed E-state index contributed by atoms with van der Waals surface area (Å²) in [5, 5.41) is 4.96. The molecule has 2 heterocycles. The van der Waals surface area contributed by atoms with Crippen molar-refractivity contribution in [2.75, 3.05) is 4.90 Å². The maximum atomic E-state index is 5.15. The van der Waals surface area contributed by atoms with Crippen molar-refractivity contribution in [1.82, 2.24) is 4.98 Å². The molecule has 226 valence electrons. The summed E-state index contributed by atoms with van der Waals surface area (Å²) in [6, 6.07) is 62.9. The van der Waals surface area contributed by atoms with E-state index in [4.69, 9.17) is 4.98 Å². The highest BCUT2D eigenvalue weighted by molar-refractivity contribution is 7.25.